The molecule has 0 radical (unpaired) electrons. The number of aliphatic hydroxyl groups is 1. The maximum absolute atomic E-state index is 16.3. The number of benzene rings is 4. The molecule has 0 bridgehead atoms. The molecule has 80 heavy (non-hydrogen) atoms. The zero-order valence-electron chi connectivity index (χ0n) is 44.0. The zero-order valence-corrected chi connectivity index (χ0v) is 46.5. The van der Waals surface area contributed by atoms with Crippen LogP contribution >= 0.6 is 31.3 Å². The largest absolute Gasteiger partial charge is 0.454 e. The second-order valence-electron chi connectivity index (χ2n) is 18.9. The maximum atomic E-state index is 16.3. The van der Waals surface area contributed by atoms with Crippen molar-refractivity contribution in [3.05, 3.63) is 200 Å². The van der Waals surface area contributed by atoms with E-state index in [1.54, 1.807) is 114 Å². The van der Waals surface area contributed by atoms with Crippen LogP contribution in [0.25, 0.3) is 0 Å². The SMILES string of the molecule is CC(C)N(C(C)C)P(=O)(OCCC#N)OC[C@H]1S[C@@H](n2ccc(CC(=O)c3ccccc3)nc2=O)[C@@H](F)[C@@H]1OC(=O)c1ccccc1.O=C(Cc1ccn([C@@H]2S[C@H](CO)[C@@H](OC(=O)c3ccccc3)[C@@H]2F)c(=O)n1)c1ccccc1. The lowest BCUT2D eigenvalue weighted by Crippen LogP contribution is -2.39. The molecule has 1 unspecified atom stereocenters. The number of hydrogen-bond acceptors (Lipinski definition) is 17. The van der Waals surface area contributed by atoms with E-state index in [0.717, 1.165) is 32.7 Å². The van der Waals surface area contributed by atoms with E-state index in [2.05, 4.69) is 9.97 Å². The first-order chi connectivity index (χ1) is 38.4. The summed E-state index contributed by atoms with van der Waals surface area (Å²) in [5, 5.41) is 14.9. The smallest absolute Gasteiger partial charge is 0.408 e. The van der Waals surface area contributed by atoms with Gasteiger partial charge in [-0.1, -0.05) is 97.1 Å². The molecule has 2 aliphatic heterocycles. The third-order valence-corrected chi connectivity index (χ3v) is 18.2. The molecule has 4 heterocycles. The van der Waals surface area contributed by atoms with Crippen molar-refractivity contribution in [3.63, 3.8) is 0 Å². The molecule has 2 aromatic heterocycles. The Morgan fingerprint density at radius 1 is 0.637 bits per heavy atom. The number of hydrogen-bond donors (Lipinski definition) is 1. The van der Waals surface area contributed by atoms with E-state index in [1.165, 1.54) is 36.7 Å². The average molecular weight is 1150 g/mol. The molecule has 0 saturated carbocycles. The summed E-state index contributed by atoms with van der Waals surface area (Å²) in [5.41, 5.74) is 0.443. The predicted molar refractivity (Wildman–Crippen MR) is 297 cm³/mol. The Morgan fingerprint density at radius 2 is 1.02 bits per heavy atom. The first-order valence-corrected chi connectivity index (χ1v) is 28.9. The summed E-state index contributed by atoms with van der Waals surface area (Å²) in [6.45, 7) is 6.35. The van der Waals surface area contributed by atoms with Gasteiger partial charge in [-0.3, -0.25) is 27.8 Å². The van der Waals surface area contributed by atoms with Gasteiger partial charge in [0.25, 0.3) is 0 Å². The zero-order chi connectivity index (χ0) is 57.5. The Bertz CT molecular complexity index is 3280. The molecule has 420 valence electrons. The van der Waals surface area contributed by atoms with E-state index >= 15 is 8.78 Å². The van der Waals surface area contributed by atoms with Crippen molar-refractivity contribution in [2.45, 2.75) is 105 Å². The fourth-order valence-electron chi connectivity index (χ4n) is 8.90. The summed E-state index contributed by atoms with van der Waals surface area (Å²) in [5.74, 6) is -1.89. The van der Waals surface area contributed by atoms with Crippen molar-refractivity contribution in [1.29, 1.82) is 5.26 Å². The number of aromatic nitrogens is 4. The van der Waals surface area contributed by atoms with Crippen LogP contribution in [0.4, 0.5) is 8.78 Å². The number of carbonyl (C=O) groups is 4. The monoisotopic (exact) mass is 1150 g/mol. The highest BCUT2D eigenvalue weighted by atomic mass is 32.2. The number of ketones is 2. The number of ether oxygens (including phenoxy) is 2. The summed E-state index contributed by atoms with van der Waals surface area (Å²) >= 11 is 1.98. The summed E-state index contributed by atoms with van der Waals surface area (Å²) < 4.78 is 72.2. The number of thioether (sulfide) groups is 2. The van der Waals surface area contributed by atoms with Gasteiger partial charge < -0.3 is 14.6 Å². The molecule has 9 atom stereocenters. The second kappa shape index (κ2) is 28.5. The fraction of sp³-hybridized carbons (Fsp3) is 0.351. The molecule has 1 N–H and O–H groups in total. The van der Waals surface area contributed by atoms with E-state index in [9.17, 15) is 38.4 Å². The second-order valence-corrected chi connectivity index (χ2v) is 23.5. The first-order valence-electron chi connectivity index (χ1n) is 25.5. The standard InChI is InChI=1S/C33H38FN4O7PS.C24H21FN2O5S/c1-22(2)38(23(3)4)46(42,43-19-11-17-35)44-21-28-30(45-32(40)25-14-9-6-10-15-25)29(34)31(47-28)37-18-16-26(36-33(37)41)20-27(39)24-12-7-5-8-13-24;25-20-21(32-23(30)16-9-5-2-6-10-16)19(14-28)33-22(20)27-12-11-17(26-24(27)31)13-18(29)15-7-3-1-4-8-15/h5-10,12-16,18,22-23,28-31H,11,19-21H2,1-4H3;1-12,19-22,28H,13-14H2/t28-,29+,30-,31-,46?;19-,20+,21-,22-/m11/s1. The summed E-state index contributed by atoms with van der Waals surface area (Å²) in [4.78, 5) is 84.3. The molecule has 2 saturated heterocycles. The van der Waals surface area contributed by atoms with Crippen molar-refractivity contribution in [2.75, 3.05) is 19.8 Å². The minimum absolute atomic E-state index is 0.0235. The fourth-order valence-corrected chi connectivity index (χ4v) is 14.0. The lowest BCUT2D eigenvalue weighted by Gasteiger charge is -2.36. The van der Waals surface area contributed by atoms with Crippen molar-refractivity contribution in [1.82, 2.24) is 23.8 Å². The minimum atomic E-state index is -4.02. The van der Waals surface area contributed by atoms with Crippen LogP contribution in [0, 0.1) is 11.3 Å². The predicted octanol–water partition coefficient (Wildman–Crippen LogP) is 8.86. The van der Waals surface area contributed by atoms with Gasteiger partial charge in [-0.25, -0.2) is 37.2 Å². The van der Waals surface area contributed by atoms with Gasteiger partial charge >= 0.3 is 31.1 Å². The van der Waals surface area contributed by atoms with Gasteiger partial charge in [0.15, 0.2) is 36.1 Å². The van der Waals surface area contributed by atoms with Crippen LogP contribution < -0.4 is 11.4 Å². The number of aliphatic hydroxyl groups excluding tert-OH is 1. The van der Waals surface area contributed by atoms with Gasteiger partial charge in [0.1, 0.15) is 10.7 Å². The number of rotatable bonds is 22. The van der Waals surface area contributed by atoms with Crippen molar-refractivity contribution >= 4 is 54.8 Å². The van der Waals surface area contributed by atoms with Crippen molar-refractivity contribution in [2.24, 2.45) is 0 Å². The number of nitrogens with zero attached hydrogens (tertiary/aromatic N) is 6. The highest BCUT2D eigenvalue weighted by Crippen LogP contribution is 2.56. The third-order valence-electron chi connectivity index (χ3n) is 12.6. The Balaban J connectivity index is 0.000000245. The highest BCUT2D eigenvalue weighted by molar-refractivity contribution is 8.00. The van der Waals surface area contributed by atoms with E-state index in [4.69, 9.17) is 23.8 Å². The molecule has 0 amide bonds. The van der Waals surface area contributed by atoms with Crippen molar-refractivity contribution in [3.8, 4) is 6.07 Å². The number of carbonyl (C=O) groups excluding carboxylic acids is 4. The molecular formula is C57H59F2N6O12PS2. The normalized spacial score (nSPS) is 21.3. The van der Waals surface area contributed by atoms with Crippen LogP contribution in [0.15, 0.2) is 155 Å². The molecule has 18 nitrogen and oxygen atoms in total. The minimum Gasteiger partial charge on any atom is -0.454 e. The maximum Gasteiger partial charge on any atom is 0.408 e. The van der Waals surface area contributed by atoms with Crippen LogP contribution in [0.2, 0.25) is 0 Å². The Hall–Kier alpha value is -6.96. The molecule has 2 aliphatic rings. The number of alkyl halides is 2. The number of Topliss-reactive ketones (excluding diaryl/α,β-unsaturated/α-hetero) is 2. The third kappa shape index (κ3) is 15.3. The lowest BCUT2D eigenvalue weighted by molar-refractivity contribution is 0.00113. The van der Waals surface area contributed by atoms with Crippen LogP contribution in [0.1, 0.15) is 97.7 Å². The molecule has 0 aliphatic carbocycles. The van der Waals surface area contributed by atoms with Gasteiger partial charge in [-0.2, -0.15) is 15.2 Å². The molecule has 23 heteroatoms. The molecule has 6 aromatic rings. The molecule has 8 rings (SSSR count). The highest BCUT2D eigenvalue weighted by Gasteiger charge is 2.51. The lowest BCUT2D eigenvalue weighted by atomic mass is 10.1. The first kappa shape index (κ1) is 60.7. The van der Waals surface area contributed by atoms with Crippen LogP contribution in [-0.4, -0.2) is 119 Å². The van der Waals surface area contributed by atoms with Crippen LogP contribution in [0.3, 0.4) is 0 Å². The average Bonchev–Trinajstić information content (AvgIpc) is 4.03. The molecule has 2 fully saturated rings. The van der Waals surface area contributed by atoms with Gasteiger partial charge in [-0.05, 0) is 64.1 Å². The van der Waals surface area contributed by atoms with Gasteiger partial charge in [0, 0.05) is 35.6 Å². The Labute approximate surface area is 469 Å². The summed E-state index contributed by atoms with van der Waals surface area (Å²) in [6.07, 6.45) is -3.72. The quantitative estimate of drug-likeness (QED) is 0.0289. The van der Waals surface area contributed by atoms with E-state index in [-0.39, 0.29) is 78.6 Å². The number of nitriles is 1. The topological polar surface area (TPSA) is 239 Å². The van der Waals surface area contributed by atoms with E-state index < -0.39 is 83.5 Å². The van der Waals surface area contributed by atoms with E-state index in [1.807, 2.05) is 33.8 Å². The summed E-state index contributed by atoms with van der Waals surface area (Å²) in [6, 6.07) is 37.9. The number of halogens is 2. The molecular weight excluding hydrogens is 1090 g/mol. The molecule has 4 aromatic carbocycles. The van der Waals surface area contributed by atoms with Gasteiger partial charge in [-0.15, -0.1) is 23.5 Å². The van der Waals surface area contributed by atoms with Crippen LogP contribution in [-0.2, 0) is 35.9 Å². The summed E-state index contributed by atoms with van der Waals surface area (Å²) in [7, 11) is -4.02. The Kier molecular flexibility index (Phi) is 21.6. The Morgan fingerprint density at radius 3 is 1.40 bits per heavy atom. The van der Waals surface area contributed by atoms with Crippen LogP contribution in [0.5, 0.6) is 0 Å². The van der Waals surface area contributed by atoms with Gasteiger partial charge in [0.2, 0.25) is 0 Å². The molecule has 0 spiro atoms. The van der Waals surface area contributed by atoms with E-state index in [0.29, 0.717) is 11.1 Å². The number of esters is 2. The van der Waals surface area contributed by atoms with Gasteiger partial charge in [0.05, 0.1) is 78.2 Å². The van der Waals surface area contributed by atoms with Crippen molar-refractivity contribution < 1.29 is 56.2 Å².